The van der Waals surface area contributed by atoms with E-state index in [2.05, 4.69) is 0 Å². The maximum Gasteiger partial charge on any atom is 0.335 e. The molecule has 0 amide bonds. The minimum Gasteiger partial charge on any atom is -0.508 e. The summed E-state index contributed by atoms with van der Waals surface area (Å²) in [7, 11) is 0. The molecule has 1 aromatic heterocycles. The lowest BCUT2D eigenvalue weighted by atomic mass is 9.92. The summed E-state index contributed by atoms with van der Waals surface area (Å²) in [6, 6.07) is 15.5. The molecule has 4 aromatic rings. The average Bonchev–Trinajstić information content (AvgIpc) is 2.99. The van der Waals surface area contributed by atoms with Crippen LogP contribution in [0.2, 0.25) is 0 Å². The average molecular weight is 595 g/mol. The van der Waals surface area contributed by atoms with Gasteiger partial charge < -0.3 is 54.7 Å². The number of benzene rings is 3. The van der Waals surface area contributed by atoms with Gasteiger partial charge in [-0.25, -0.2) is 4.79 Å². The lowest BCUT2D eigenvalue weighted by Crippen LogP contribution is -2.69. The Kier molecular flexibility index (Phi) is 7.84. The minimum atomic E-state index is -2.75. The Morgan fingerprint density at radius 2 is 1.65 bits per heavy atom. The number of phenolic OH excluding ortho intramolecular Hbond substituents is 3. The lowest BCUT2D eigenvalue weighted by molar-refractivity contribution is -0.338. The number of carbonyl (C=O) groups is 1. The standard InChI is InChI=1S/C30H26O13/c31-13-30(28(38)26(37)25(36)27(43-30)29(39)40)42-21-12-20-22(24(35)23(21)34)18(33)11-19(41-20)17-9-8-16(32)10-15(17)7-6-14-4-2-1-3-5-14/h1-12,25-28,31-32,34-38H,13H2,(H,39,40). The molecule has 0 spiro atoms. The van der Waals surface area contributed by atoms with Crippen molar-refractivity contribution in [2.24, 2.45) is 0 Å². The van der Waals surface area contributed by atoms with Crippen molar-refractivity contribution in [2.75, 3.05) is 6.61 Å². The molecule has 3 aromatic carbocycles. The SMILES string of the molecule is O=C(O)C1OC(CO)(Oc2cc3oc(-c4ccc(O)cc4C=Cc4ccccc4)cc(=O)c3c(O)c2O)C(O)C(O)C1O. The largest absolute Gasteiger partial charge is 0.508 e. The van der Waals surface area contributed by atoms with E-state index in [4.69, 9.17) is 13.9 Å². The van der Waals surface area contributed by atoms with E-state index in [1.165, 1.54) is 18.2 Å². The number of aliphatic hydroxyl groups is 4. The monoisotopic (exact) mass is 594 g/mol. The van der Waals surface area contributed by atoms with Gasteiger partial charge in [0.2, 0.25) is 5.75 Å². The number of aliphatic carboxylic acids is 1. The van der Waals surface area contributed by atoms with Crippen molar-refractivity contribution in [3.63, 3.8) is 0 Å². The molecule has 8 N–H and O–H groups in total. The predicted molar refractivity (Wildman–Crippen MR) is 149 cm³/mol. The fourth-order valence-electron chi connectivity index (χ4n) is 4.75. The number of hydrogen-bond acceptors (Lipinski definition) is 12. The number of ether oxygens (including phenoxy) is 2. The Morgan fingerprint density at radius 3 is 2.33 bits per heavy atom. The zero-order chi connectivity index (χ0) is 31.1. The van der Waals surface area contributed by atoms with Gasteiger partial charge in [0, 0.05) is 17.7 Å². The molecule has 0 bridgehead atoms. The smallest absolute Gasteiger partial charge is 0.335 e. The van der Waals surface area contributed by atoms with E-state index in [-0.39, 0.29) is 17.1 Å². The topological polar surface area (TPSA) is 228 Å². The van der Waals surface area contributed by atoms with Gasteiger partial charge in [0.1, 0.15) is 41.3 Å². The first-order valence-electron chi connectivity index (χ1n) is 12.8. The van der Waals surface area contributed by atoms with Gasteiger partial charge in [-0.15, -0.1) is 0 Å². The number of fused-ring (bicyclic) bond motifs is 1. The van der Waals surface area contributed by atoms with Crippen LogP contribution >= 0.6 is 0 Å². The second-order valence-electron chi connectivity index (χ2n) is 9.81. The van der Waals surface area contributed by atoms with Gasteiger partial charge in [-0.05, 0) is 29.3 Å². The van der Waals surface area contributed by atoms with Crippen LogP contribution in [0.3, 0.4) is 0 Å². The number of rotatable bonds is 7. The molecule has 5 unspecified atom stereocenters. The summed E-state index contributed by atoms with van der Waals surface area (Å²) in [5.41, 5.74) is 0.547. The second-order valence-corrected chi connectivity index (χ2v) is 9.81. The molecule has 0 aliphatic carbocycles. The van der Waals surface area contributed by atoms with Gasteiger partial charge in [0.25, 0.3) is 5.79 Å². The van der Waals surface area contributed by atoms with Crippen LogP contribution in [0.4, 0.5) is 0 Å². The highest BCUT2D eigenvalue weighted by molar-refractivity contribution is 5.90. The van der Waals surface area contributed by atoms with Crippen LogP contribution in [0.5, 0.6) is 23.0 Å². The zero-order valence-electron chi connectivity index (χ0n) is 22.1. The number of hydrogen-bond donors (Lipinski definition) is 8. The predicted octanol–water partition coefficient (Wildman–Crippen LogP) is 1.38. The normalized spacial score (nSPS) is 23.9. The summed E-state index contributed by atoms with van der Waals surface area (Å²) in [5.74, 6) is -7.38. The van der Waals surface area contributed by atoms with Crippen LogP contribution in [0, 0.1) is 0 Å². The van der Waals surface area contributed by atoms with Gasteiger partial charge in [-0.1, -0.05) is 42.5 Å². The second kappa shape index (κ2) is 11.4. The van der Waals surface area contributed by atoms with Crippen LogP contribution in [-0.4, -0.2) is 83.6 Å². The first-order chi connectivity index (χ1) is 20.5. The van der Waals surface area contributed by atoms with Gasteiger partial charge in [0.15, 0.2) is 29.1 Å². The Balaban J connectivity index is 1.61. The van der Waals surface area contributed by atoms with Gasteiger partial charge in [-0.2, -0.15) is 0 Å². The van der Waals surface area contributed by atoms with Gasteiger partial charge in [0.05, 0.1) is 0 Å². The van der Waals surface area contributed by atoms with Gasteiger partial charge >= 0.3 is 5.97 Å². The van der Waals surface area contributed by atoms with Crippen molar-refractivity contribution in [2.45, 2.75) is 30.2 Å². The maximum absolute atomic E-state index is 13.1. The number of carboxylic acid groups (broad SMARTS) is 1. The number of aliphatic hydroxyl groups excluding tert-OH is 4. The number of phenols is 3. The summed E-state index contributed by atoms with van der Waals surface area (Å²) in [6.45, 7) is -1.28. The minimum absolute atomic E-state index is 0.0171. The summed E-state index contributed by atoms with van der Waals surface area (Å²) in [6.07, 6.45) is -5.22. The van der Waals surface area contributed by atoms with Crippen LogP contribution < -0.4 is 10.2 Å². The van der Waals surface area contributed by atoms with Crippen molar-refractivity contribution in [3.8, 4) is 34.3 Å². The molecule has 1 saturated heterocycles. The fourth-order valence-corrected chi connectivity index (χ4v) is 4.75. The summed E-state index contributed by atoms with van der Waals surface area (Å²) >= 11 is 0. The van der Waals surface area contributed by atoms with E-state index in [9.17, 15) is 50.4 Å². The molecule has 0 radical (unpaired) electrons. The molecule has 13 nitrogen and oxygen atoms in total. The van der Waals surface area contributed by atoms with Crippen molar-refractivity contribution in [1.82, 2.24) is 0 Å². The molecule has 43 heavy (non-hydrogen) atoms. The van der Waals surface area contributed by atoms with Crippen molar-refractivity contribution >= 4 is 29.1 Å². The zero-order valence-corrected chi connectivity index (χ0v) is 22.1. The molecule has 5 rings (SSSR count). The van der Waals surface area contributed by atoms with Crippen molar-refractivity contribution < 1.29 is 59.5 Å². The molecule has 1 aliphatic heterocycles. The lowest BCUT2D eigenvalue weighted by Gasteiger charge is -2.46. The third kappa shape index (κ3) is 5.38. The first-order valence-corrected chi connectivity index (χ1v) is 12.8. The number of carboxylic acids is 1. The van der Waals surface area contributed by atoms with E-state index in [1.54, 1.807) is 12.2 Å². The molecule has 13 heteroatoms. The molecule has 0 saturated carbocycles. The molecule has 1 aliphatic rings. The van der Waals surface area contributed by atoms with E-state index in [0.29, 0.717) is 11.1 Å². The highest BCUT2D eigenvalue weighted by Crippen LogP contribution is 2.44. The Hall–Kier alpha value is -4.92. The molecule has 1 fully saturated rings. The molecule has 2 heterocycles. The van der Waals surface area contributed by atoms with E-state index < -0.39 is 70.8 Å². The Morgan fingerprint density at radius 1 is 0.930 bits per heavy atom. The van der Waals surface area contributed by atoms with E-state index >= 15 is 0 Å². The van der Waals surface area contributed by atoms with E-state index in [0.717, 1.165) is 17.7 Å². The Bertz CT molecular complexity index is 1760. The Labute approximate surface area is 242 Å². The molecule has 5 atom stereocenters. The van der Waals surface area contributed by atoms with Crippen LogP contribution in [0.1, 0.15) is 11.1 Å². The molecular formula is C30H26O13. The summed E-state index contributed by atoms with van der Waals surface area (Å²) in [4.78, 5) is 24.7. The highest BCUT2D eigenvalue weighted by atomic mass is 16.7. The number of aromatic hydroxyl groups is 3. The summed E-state index contributed by atoms with van der Waals surface area (Å²) < 4.78 is 16.5. The summed E-state index contributed by atoms with van der Waals surface area (Å²) in [5, 5.41) is 81.2. The van der Waals surface area contributed by atoms with Crippen molar-refractivity contribution in [3.05, 3.63) is 82.0 Å². The van der Waals surface area contributed by atoms with E-state index in [1.807, 2.05) is 30.3 Å². The quantitative estimate of drug-likeness (QED) is 0.112. The highest BCUT2D eigenvalue weighted by Gasteiger charge is 2.57. The van der Waals surface area contributed by atoms with Crippen LogP contribution in [0.15, 0.2) is 69.9 Å². The maximum atomic E-state index is 13.1. The fraction of sp³-hybridized carbons (Fsp3) is 0.200. The first kappa shape index (κ1) is 29.6. The third-order valence-electron chi connectivity index (χ3n) is 6.99. The van der Waals surface area contributed by atoms with Gasteiger partial charge in [-0.3, -0.25) is 4.79 Å². The molecule has 224 valence electrons. The molecular weight excluding hydrogens is 568 g/mol. The van der Waals surface area contributed by atoms with Crippen LogP contribution in [-0.2, 0) is 9.53 Å². The van der Waals surface area contributed by atoms with Crippen molar-refractivity contribution in [1.29, 1.82) is 0 Å². The van der Waals surface area contributed by atoms with Crippen LogP contribution in [0.25, 0.3) is 34.4 Å². The third-order valence-corrected chi connectivity index (χ3v) is 6.99.